The number of benzene rings is 1. The van der Waals surface area contributed by atoms with E-state index < -0.39 is 0 Å². The van der Waals surface area contributed by atoms with E-state index in [-0.39, 0.29) is 11.9 Å². The van der Waals surface area contributed by atoms with Gasteiger partial charge in [-0.1, -0.05) is 0 Å². The first-order chi connectivity index (χ1) is 6.18. The summed E-state index contributed by atoms with van der Waals surface area (Å²) in [5, 5.41) is 0. The van der Waals surface area contributed by atoms with Gasteiger partial charge >= 0.3 is 0 Å². The lowest BCUT2D eigenvalue weighted by Crippen LogP contribution is -2.21. The van der Waals surface area contributed by atoms with E-state index in [0.717, 1.165) is 12.0 Å². The second kappa shape index (κ2) is 3.27. The fraction of sp³-hybridized carbons (Fsp3) is 0.333. The average Bonchev–Trinajstić information content (AvgIpc) is 2.07. The highest BCUT2D eigenvalue weighted by atomic mass is 79.9. The van der Waals surface area contributed by atoms with Crippen LogP contribution in [0.3, 0.4) is 0 Å². The van der Waals surface area contributed by atoms with Crippen molar-refractivity contribution in [2.45, 2.75) is 12.5 Å². The summed E-state index contributed by atoms with van der Waals surface area (Å²) in [5.41, 5.74) is 6.56. The van der Waals surface area contributed by atoms with Crippen molar-refractivity contribution < 1.29 is 9.13 Å². The SMILES string of the molecule is N[C@@H]1CCOc2c(Br)cc(F)cc21. The Hall–Kier alpha value is -0.610. The molecule has 13 heavy (non-hydrogen) atoms. The molecule has 1 aliphatic heterocycles. The van der Waals surface area contributed by atoms with Crippen molar-refractivity contribution >= 4 is 15.9 Å². The van der Waals surface area contributed by atoms with Crippen molar-refractivity contribution in [1.29, 1.82) is 0 Å². The molecule has 2 rings (SSSR count). The molecule has 2 nitrogen and oxygen atoms in total. The molecule has 1 aromatic rings. The minimum Gasteiger partial charge on any atom is -0.492 e. The number of halogens is 2. The number of fused-ring (bicyclic) bond motifs is 1. The molecule has 1 atom stereocenters. The summed E-state index contributed by atoms with van der Waals surface area (Å²) in [5.74, 6) is 0.395. The van der Waals surface area contributed by atoms with Crippen LogP contribution in [0.15, 0.2) is 16.6 Å². The lowest BCUT2D eigenvalue weighted by Gasteiger charge is -2.23. The van der Waals surface area contributed by atoms with Gasteiger partial charge in [-0.15, -0.1) is 0 Å². The third-order valence-electron chi connectivity index (χ3n) is 2.11. The van der Waals surface area contributed by atoms with Gasteiger partial charge in [0.15, 0.2) is 0 Å². The van der Waals surface area contributed by atoms with Gasteiger partial charge in [-0.3, -0.25) is 0 Å². The summed E-state index contributed by atoms with van der Waals surface area (Å²) in [4.78, 5) is 0. The Bertz CT molecular complexity index is 343. The second-order valence-electron chi connectivity index (χ2n) is 3.05. The third-order valence-corrected chi connectivity index (χ3v) is 2.70. The maximum atomic E-state index is 13.0. The second-order valence-corrected chi connectivity index (χ2v) is 3.90. The molecule has 70 valence electrons. The molecular weight excluding hydrogens is 237 g/mol. The van der Waals surface area contributed by atoms with Gasteiger partial charge in [-0.25, -0.2) is 4.39 Å². The van der Waals surface area contributed by atoms with E-state index in [9.17, 15) is 4.39 Å². The zero-order valence-electron chi connectivity index (χ0n) is 6.89. The summed E-state index contributed by atoms with van der Waals surface area (Å²) in [6.07, 6.45) is 0.739. The van der Waals surface area contributed by atoms with Crippen LogP contribution in [0.1, 0.15) is 18.0 Å². The molecule has 0 saturated heterocycles. The quantitative estimate of drug-likeness (QED) is 0.762. The molecule has 0 unspecified atom stereocenters. The Morgan fingerprint density at radius 1 is 1.54 bits per heavy atom. The fourth-order valence-corrected chi connectivity index (χ4v) is 2.01. The van der Waals surface area contributed by atoms with E-state index in [1.165, 1.54) is 12.1 Å². The maximum absolute atomic E-state index is 13.0. The zero-order valence-corrected chi connectivity index (χ0v) is 8.47. The lowest BCUT2D eigenvalue weighted by molar-refractivity contribution is 0.266. The molecule has 1 aliphatic rings. The van der Waals surface area contributed by atoms with Crippen LogP contribution >= 0.6 is 15.9 Å². The summed E-state index contributed by atoms with van der Waals surface area (Å²) in [6, 6.07) is 2.71. The van der Waals surface area contributed by atoms with Gasteiger partial charge in [0.25, 0.3) is 0 Å². The van der Waals surface area contributed by atoms with E-state index in [0.29, 0.717) is 16.8 Å². The van der Waals surface area contributed by atoms with Crippen LogP contribution in [0.25, 0.3) is 0 Å². The number of hydrogen-bond donors (Lipinski definition) is 1. The van der Waals surface area contributed by atoms with Crippen molar-refractivity contribution in [2.75, 3.05) is 6.61 Å². The molecule has 0 radical (unpaired) electrons. The number of nitrogens with two attached hydrogens (primary N) is 1. The summed E-state index contributed by atoms with van der Waals surface area (Å²) >= 11 is 3.24. The molecule has 0 bridgehead atoms. The monoisotopic (exact) mass is 245 g/mol. The molecule has 0 fully saturated rings. The normalized spacial score (nSPS) is 20.7. The Kier molecular flexibility index (Phi) is 2.26. The first-order valence-electron chi connectivity index (χ1n) is 4.06. The van der Waals surface area contributed by atoms with Gasteiger partial charge in [-0.05, 0) is 28.1 Å². The van der Waals surface area contributed by atoms with Gasteiger partial charge in [0.05, 0.1) is 11.1 Å². The van der Waals surface area contributed by atoms with Gasteiger partial charge in [0.1, 0.15) is 11.6 Å². The maximum Gasteiger partial charge on any atom is 0.138 e. The van der Waals surface area contributed by atoms with E-state index >= 15 is 0 Å². The molecule has 1 aromatic carbocycles. The fourth-order valence-electron chi connectivity index (χ4n) is 1.45. The predicted octanol–water partition coefficient (Wildman–Crippen LogP) is 2.37. The van der Waals surface area contributed by atoms with Crippen LogP contribution in [0.5, 0.6) is 5.75 Å². The Balaban J connectivity index is 2.56. The van der Waals surface area contributed by atoms with Crippen molar-refractivity contribution in [3.05, 3.63) is 28.0 Å². The smallest absolute Gasteiger partial charge is 0.138 e. The van der Waals surface area contributed by atoms with E-state index in [1.54, 1.807) is 0 Å². The topological polar surface area (TPSA) is 35.2 Å². The van der Waals surface area contributed by atoms with Crippen LogP contribution in [-0.4, -0.2) is 6.61 Å². The van der Waals surface area contributed by atoms with Crippen molar-refractivity contribution in [3.63, 3.8) is 0 Å². The first kappa shape index (κ1) is 8.97. The van der Waals surface area contributed by atoms with Crippen molar-refractivity contribution in [1.82, 2.24) is 0 Å². The molecule has 0 saturated carbocycles. The van der Waals surface area contributed by atoms with E-state index in [1.807, 2.05) is 0 Å². The van der Waals surface area contributed by atoms with Gasteiger partial charge < -0.3 is 10.5 Å². The highest BCUT2D eigenvalue weighted by molar-refractivity contribution is 9.10. The molecule has 0 amide bonds. The Labute approximate surface area is 84.0 Å². The highest BCUT2D eigenvalue weighted by Gasteiger charge is 2.21. The summed E-state index contributed by atoms with van der Waals surface area (Å²) < 4.78 is 19.0. The van der Waals surface area contributed by atoms with Crippen molar-refractivity contribution in [2.24, 2.45) is 5.73 Å². The van der Waals surface area contributed by atoms with Crippen LogP contribution in [-0.2, 0) is 0 Å². The highest BCUT2D eigenvalue weighted by Crippen LogP contribution is 2.37. The molecule has 0 spiro atoms. The Morgan fingerprint density at radius 3 is 3.08 bits per heavy atom. The molecule has 0 aromatic heterocycles. The average molecular weight is 246 g/mol. The first-order valence-corrected chi connectivity index (χ1v) is 4.85. The van der Waals surface area contributed by atoms with Crippen LogP contribution < -0.4 is 10.5 Å². The minimum atomic E-state index is -0.286. The van der Waals surface area contributed by atoms with Gasteiger partial charge in [0.2, 0.25) is 0 Å². The van der Waals surface area contributed by atoms with E-state index in [2.05, 4.69) is 15.9 Å². The lowest BCUT2D eigenvalue weighted by atomic mass is 10.0. The van der Waals surface area contributed by atoms with Gasteiger partial charge in [0, 0.05) is 18.0 Å². The third kappa shape index (κ3) is 1.56. The van der Waals surface area contributed by atoms with Gasteiger partial charge in [-0.2, -0.15) is 0 Å². The Morgan fingerprint density at radius 2 is 2.31 bits per heavy atom. The minimum absolute atomic E-state index is 0.115. The summed E-state index contributed by atoms with van der Waals surface area (Å²) in [6.45, 7) is 0.596. The largest absolute Gasteiger partial charge is 0.492 e. The molecule has 2 N–H and O–H groups in total. The molecule has 4 heteroatoms. The predicted molar refractivity (Wildman–Crippen MR) is 51.1 cm³/mol. The number of rotatable bonds is 0. The molecular formula is C9H9BrFNO. The molecule has 0 aliphatic carbocycles. The van der Waals surface area contributed by atoms with Crippen LogP contribution in [0.4, 0.5) is 4.39 Å². The standard InChI is InChI=1S/C9H9BrFNO/c10-7-4-5(11)3-6-8(12)1-2-13-9(6)7/h3-4,8H,1-2,12H2/t8-/m1/s1. The number of ether oxygens (including phenoxy) is 1. The van der Waals surface area contributed by atoms with E-state index in [4.69, 9.17) is 10.5 Å². The zero-order chi connectivity index (χ0) is 9.42. The van der Waals surface area contributed by atoms with Crippen molar-refractivity contribution in [3.8, 4) is 5.75 Å². The van der Waals surface area contributed by atoms with Crippen LogP contribution in [0, 0.1) is 5.82 Å². The number of hydrogen-bond acceptors (Lipinski definition) is 2. The van der Waals surface area contributed by atoms with Crippen LogP contribution in [0.2, 0.25) is 0 Å². The summed E-state index contributed by atoms with van der Waals surface area (Å²) in [7, 11) is 0. The molecule has 1 heterocycles.